The van der Waals surface area contributed by atoms with Gasteiger partial charge in [0.1, 0.15) is 11.0 Å². The van der Waals surface area contributed by atoms with Gasteiger partial charge in [-0.3, -0.25) is 4.79 Å². The van der Waals surface area contributed by atoms with Crippen LogP contribution in [-0.4, -0.2) is 20.9 Å². The Morgan fingerprint density at radius 2 is 1.83 bits per heavy atom. The summed E-state index contributed by atoms with van der Waals surface area (Å²) in [5.74, 6) is 0.447. The molecule has 1 N–H and O–H groups in total. The van der Waals surface area contributed by atoms with Gasteiger partial charge in [-0.15, -0.1) is 0 Å². The number of hydrogen-bond acceptors (Lipinski definition) is 4. The van der Waals surface area contributed by atoms with Crippen molar-refractivity contribution in [2.75, 3.05) is 6.54 Å². The first-order valence-corrected chi connectivity index (χ1v) is 9.54. The highest BCUT2D eigenvalue weighted by atomic mass is 32.2. The molecule has 1 aromatic carbocycles. The van der Waals surface area contributed by atoms with E-state index in [0.717, 1.165) is 5.56 Å². The van der Waals surface area contributed by atoms with E-state index in [2.05, 4.69) is 19.2 Å². The van der Waals surface area contributed by atoms with Crippen LogP contribution in [0.25, 0.3) is 0 Å². The minimum absolute atomic E-state index is 0.0194. The SMILES string of the molecule is CCC(=O)NC[C@H](c1ccco1)S(=O)(=O)c1ccc(C(C)C)cc1. The molecule has 5 nitrogen and oxygen atoms in total. The minimum Gasteiger partial charge on any atom is -0.468 e. The molecule has 2 aromatic rings. The normalized spacial score (nSPS) is 13.0. The zero-order chi connectivity index (χ0) is 17.7. The van der Waals surface area contributed by atoms with E-state index < -0.39 is 15.1 Å². The van der Waals surface area contributed by atoms with E-state index >= 15 is 0 Å². The van der Waals surface area contributed by atoms with Crippen LogP contribution in [0.3, 0.4) is 0 Å². The summed E-state index contributed by atoms with van der Waals surface area (Å²) in [7, 11) is -3.68. The van der Waals surface area contributed by atoms with Crippen molar-refractivity contribution in [1.29, 1.82) is 0 Å². The van der Waals surface area contributed by atoms with Crippen molar-refractivity contribution >= 4 is 15.7 Å². The van der Waals surface area contributed by atoms with Crippen molar-refractivity contribution in [3.05, 3.63) is 54.0 Å². The first kappa shape index (κ1) is 18.3. The summed E-state index contributed by atoms with van der Waals surface area (Å²) in [5.41, 5.74) is 1.07. The first-order chi connectivity index (χ1) is 11.4. The minimum atomic E-state index is -3.68. The largest absolute Gasteiger partial charge is 0.468 e. The third-order valence-corrected chi connectivity index (χ3v) is 5.99. The quantitative estimate of drug-likeness (QED) is 0.831. The van der Waals surface area contributed by atoms with Crippen molar-refractivity contribution in [2.24, 2.45) is 0 Å². The van der Waals surface area contributed by atoms with Crippen LogP contribution in [0.4, 0.5) is 0 Å². The van der Waals surface area contributed by atoms with Crippen LogP contribution in [0.1, 0.15) is 49.7 Å². The smallest absolute Gasteiger partial charge is 0.219 e. The van der Waals surface area contributed by atoms with Gasteiger partial charge in [-0.05, 0) is 35.7 Å². The Kier molecular flexibility index (Phi) is 5.83. The number of amides is 1. The maximum Gasteiger partial charge on any atom is 0.219 e. The van der Waals surface area contributed by atoms with E-state index in [0.29, 0.717) is 18.1 Å². The number of furan rings is 1. The average molecular weight is 349 g/mol. The molecular weight excluding hydrogens is 326 g/mol. The van der Waals surface area contributed by atoms with Crippen molar-refractivity contribution in [1.82, 2.24) is 5.32 Å². The van der Waals surface area contributed by atoms with Crippen molar-refractivity contribution < 1.29 is 17.6 Å². The second-order valence-electron chi connectivity index (χ2n) is 5.93. The maximum atomic E-state index is 13.0. The summed E-state index contributed by atoms with van der Waals surface area (Å²) < 4.78 is 31.3. The Morgan fingerprint density at radius 1 is 1.17 bits per heavy atom. The number of sulfone groups is 1. The van der Waals surface area contributed by atoms with Crippen LogP contribution >= 0.6 is 0 Å². The molecule has 24 heavy (non-hydrogen) atoms. The number of carbonyl (C=O) groups is 1. The molecule has 0 saturated heterocycles. The number of nitrogens with one attached hydrogen (secondary N) is 1. The van der Waals surface area contributed by atoms with Gasteiger partial charge < -0.3 is 9.73 Å². The molecule has 1 atom stereocenters. The van der Waals surface area contributed by atoms with Crippen LogP contribution in [0.2, 0.25) is 0 Å². The Morgan fingerprint density at radius 3 is 2.33 bits per heavy atom. The molecule has 2 rings (SSSR count). The molecule has 0 aliphatic carbocycles. The zero-order valence-electron chi connectivity index (χ0n) is 14.2. The molecule has 1 amide bonds. The van der Waals surface area contributed by atoms with E-state index in [1.54, 1.807) is 31.2 Å². The summed E-state index contributed by atoms with van der Waals surface area (Å²) in [4.78, 5) is 11.8. The summed E-state index contributed by atoms with van der Waals surface area (Å²) in [6, 6.07) is 10.1. The molecule has 1 heterocycles. The van der Waals surface area contributed by atoms with Crippen LogP contribution in [-0.2, 0) is 14.6 Å². The van der Waals surface area contributed by atoms with Gasteiger partial charge in [0.2, 0.25) is 5.91 Å². The van der Waals surface area contributed by atoms with Gasteiger partial charge >= 0.3 is 0 Å². The van der Waals surface area contributed by atoms with E-state index in [1.165, 1.54) is 6.26 Å². The van der Waals surface area contributed by atoms with Crippen molar-refractivity contribution in [2.45, 2.75) is 43.3 Å². The van der Waals surface area contributed by atoms with Gasteiger partial charge in [0.05, 0.1) is 11.2 Å². The van der Waals surface area contributed by atoms with Gasteiger partial charge in [-0.2, -0.15) is 0 Å². The first-order valence-electron chi connectivity index (χ1n) is 8.00. The fraction of sp³-hybridized carbons (Fsp3) is 0.389. The molecule has 0 aliphatic heterocycles. The predicted octanol–water partition coefficient (Wildman–Crippen LogP) is 3.44. The molecule has 6 heteroatoms. The molecule has 130 valence electrons. The fourth-order valence-corrected chi connectivity index (χ4v) is 3.96. The highest BCUT2D eigenvalue weighted by Gasteiger charge is 2.31. The predicted molar refractivity (Wildman–Crippen MR) is 92.5 cm³/mol. The highest BCUT2D eigenvalue weighted by Crippen LogP contribution is 2.29. The average Bonchev–Trinajstić information content (AvgIpc) is 3.08. The maximum absolute atomic E-state index is 13.0. The summed E-state index contributed by atoms with van der Waals surface area (Å²) >= 11 is 0. The number of hydrogen-bond donors (Lipinski definition) is 1. The van der Waals surface area contributed by atoms with Crippen LogP contribution in [0.15, 0.2) is 52.0 Å². The lowest BCUT2D eigenvalue weighted by Crippen LogP contribution is -2.31. The van der Waals surface area contributed by atoms with Crippen LogP contribution in [0, 0.1) is 0 Å². The third kappa shape index (κ3) is 4.06. The third-order valence-electron chi connectivity index (χ3n) is 3.92. The summed E-state index contributed by atoms with van der Waals surface area (Å²) in [6.07, 6.45) is 1.73. The van der Waals surface area contributed by atoms with Crippen molar-refractivity contribution in [3.63, 3.8) is 0 Å². The topological polar surface area (TPSA) is 76.4 Å². The summed E-state index contributed by atoms with van der Waals surface area (Å²) in [6.45, 7) is 5.80. The van der Waals surface area contributed by atoms with Crippen LogP contribution in [0.5, 0.6) is 0 Å². The number of benzene rings is 1. The monoisotopic (exact) mass is 349 g/mol. The van der Waals surface area contributed by atoms with Gasteiger partial charge in [0, 0.05) is 13.0 Å². The summed E-state index contributed by atoms with van der Waals surface area (Å²) in [5, 5.41) is 1.70. The molecule has 1 aromatic heterocycles. The second kappa shape index (κ2) is 7.66. The lowest BCUT2D eigenvalue weighted by Gasteiger charge is -2.17. The van der Waals surface area contributed by atoms with Crippen molar-refractivity contribution in [3.8, 4) is 0 Å². The second-order valence-corrected chi connectivity index (χ2v) is 8.06. The molecule has 0 bridgehead atoms. The molecule has 0 saturated carbocycles. The molecule has 0 fully saturated rings. The molecule has 0 radical (unpaired) electrons. The lowest BCUT2D eigenvalue weighted by atomic mass is 10.0. The zero-order valence-corrected chi connectivity index (χ0v) is 15.0. The van der Waals surface area contributed by atoms with E-state index in [4.69, 9.17) is 4.42 Å². The highest BCUT2D eigenvalue weighted by molar-refractivity contribution is 7.91. The van der Waals surface area contributed by atoms with E-state index in [1.807, 2.05) is 12.1 Å². The molecule has 0 unspecified atom stereocenters. The van der Waals surface area contributed by atoms with Gasteiger partial charge in [0.15, 0.2) is 9.84 Å². The van der Waals surface area contributed by atoms with E-state index in [-0.39, 0.29) is 17.3 Å². The Labute approximate surface area is 143 Å². The molecule has 0 spiro atoms. The molecule has 0 aliphatic rings. The lowest BCUT2D eigenvalue weighted by molar-refractivity contribution is -0.120. The Hall–Kier alpha value is -2.08. The Bertz CT molecular complexity index is 762. The van der Waals surface area contributed by atoms with E-state index in [9.17, 15) is 13.2 Å². The van der Waals surface area contributed by atoms with Crippen LogP contribution < -0.4 is 5.32 Å². The van der Waals surface area contributed by atoms with Gasteiger partial charge in [-0.1, -0.05) is 32.9 Å². The molecular formula is C18H23NO4S. The standard InChI is InChI=1S/C18H23NO4S/c1-4-18(20)19-12-17(16-6-5-11-23-16)24(21,22)15-9-7-14(8-10-15)13(2)3/h5-11,13,17H,4,12H2,1-3H3,(H,19,20)/t17-/m1/s1. The Balaban J connectivity index is 2.34. The van der Waals surface area contributed by atoms with Gasteiger partial charge in [-0.25, -0.2) is 8.42 Å². The van der Waals surface area contributed by atoms with Gasteiger partial charge in [0.25, 0.3) is 0 Å². The fourth-order valence-electron chi connectivity index (χ4n) is 2.38. The number of rotatable bonds is 7. The number of carbonyl (C=O) groups excluding carboxylic acids is 1.